The molecule has 4 aromatic carbocycles. The van der Waals surface area contributed by atoms with Crippen molar-refractivity contribution in [1.82, 2.24) is 0 Å². The van der Waals surface area contributed by atoms with E-state index in [0.717, 1.165) is 27.3 Å². The summed E-state index contributed by atoms with van der Waals surface area (Å²) in [7, 11) is -0.335. The van der Waals surface area contributed by atoms with E-state index in [1.807, 2.05) is 42.5 Å². The monoisotopic (exact) mass is 298 g/mol. The maximum Gasteiger partial charge on any atom is 0.504 e. The lowest BCUT2D eigenvalue weighted by Crippen LogP contribution is -2.01. The summed E-state index contributed by atoms with van der Waals surface area (Å²) >= 11 is 0. The fraction of sp³-hybridized carbons (Fsp3) is 0. The minimum Gasteiger partial charge on any atom is -0.538 e. The van der Waals surface area contributed by atoms with Gasteiger partial charge in [-0.15, -0.1) is 0 Å². The van der Waals surface area contributed by atoms with Crippen LogP contribution in [0.2, 0.25) is 0 Å². The minimum atomic E-state index is -0.335. The molecule has 0 aliphatic carbocycles. The summed E-state index contributed by atoms with van der Waals surface area (Å²) in [6.07, 6.45) is 0. The van der Waals surface area contributed by atoms with Gasteiger partial charge in [0.05, 0.1) is 0 Å². The summed E-state index contributed by atoms with van der Waals surface area (Å²) in [6, 6.07) is 26.7. The van der Waals surface area contributed by atoms with Crippen molar-refractivity contribution < 1.29 is 9.68 Å². The fourth-order valence-corrected chi connectivity index (χ4v) is 3.22. The van der Waals surface area contributed by atoms with Gasteiger partial charge in [-0.25, -0.2) is 0 Å². The smallest absolute Gasteiger partial charge is 0.504 e. The van der Waals surface area contributed by atoms with Crippen molar-refractivity contribution >= 4 is 29.2 Å². The Kier molecular flexibility index (Phi) is 3.49. The zero-order valence-corrected chi connectivity index (χ0v) is 12.6. The van der Waals surface area contributed by atoms with Crippen LogP contribution in [0.3, 0.4) is 0 Å². The molecule has 0 heterocycles. The molecule has 3 heteroatoms. The van der Waals surface area contributed by atoms with Crippen LogP contribution in [0.4, 0.5) is 0 Å². The normalized spacial score (nSPS) is 10.8. The third-order valence-electron chi connectivity index (χ3n) is 4.15. The summed E-state index contributed by atoms with van der Waals surface area (Å²) < 4.78 is 5.58. The second-order valence-corrected chi connectivity index (χ2v) is 5.43. The van der Waals surface area contributed by atoms with Gasteiger partial charge in [0.25, 0.3) is 0 Å². The van der Waals surface area contributed by atoms with Gasteiger partial charge in [-0.2, -0.15) is 0 Å². The van der Waals surface area contributed by atoms with Crippen molar-refractivity contribution in [3.63, 3.8) is 0 Å². The lowest BCUT2D eigenvalue weighted by molar-refractivity contribution is 0.459. The Hall–Kier alpha value is -2.78. The summed E-state index contributed by atoms with van der Waals surface area (Å²) in [5, 5.41) is 13.6. The number of hydrogen-bond donors (Lipinski definition) is 1. The van der Waals surface area contributed by atoms with Crippen LogP contribution < -0.4 is 4.65 Å². The number of fused-ring (bicyclic) bond motifs is 2. The van der Waals surface area contributed by atoms with Crippen molar-refractivity contribution in [3.8, 4) is 16.9 Å². The Bertz CT molecular complexity index is 924. The highest BCUT2D eigenvalue weighted by Gasteiger charge is 2.15. The van der Waals surface area contributed by atoms with Gasteiger partial charge in [0, 0.05) is 10.8 Å². The number of hydrogen-bond acceptors (Lipinski definition) is 2. The molecule has 0 atom stereocenters. The predicted octanol–water partition coefficient (Wildman–Crippen LogP) is 4.30. The molecule has 23 heavy (non-hydrogen) atoms. The maximum absolute atomic E-state index is 9.30. The second kappa shape index (κ2) is 5.78. The number of benzene rings is 4. The molecule has 110 valence electrons. The van der Waals surface area contributed by atoms with Crippen LogP contribution in [-0.2, 0) is 0 Å². The van der Waals surface area contributed by atoms with Gasteiger partial charge in [0.1, 0.15) is 5.75 Å². The lowest BCUT2D eigenvalue weighted by Gasteiger charge is -2.16. The van der Waals surface area contributed by atoms with Gasteiger partial charge in [-0.05, 0) is 21.9 Å². The molecule has 4 rings (SSSR count). The molecule has 0 aliphatic heterocycles. The summed E-state index contributed by atoms with van der Waals surface area (Å²) in [5.74, 6) is 0.735. The molecular formula is C20H15BO2. The van der Waals surface area contributed by atoms with Crippen molar-refractivity contribution in [3.05, 3.63) is 78.9 Å². The zero-order chi connectivity index (χ0) is 15.6. The van der Waals surface area contributed by atoms with E-state index >= 15 is 0 Å². The first-order valence-corrected chi connectivity index (χ1v) is 7.62. The zero-order valence-electron chi connectivity index (χ0n) is 12.6. The van der Waals surface area contributed by atoms with Gasteiger partial charge in [0.2, 0.25) is 0 Å². The van der Waals surface area contributed by atoms with E-state index in [1.54, 1.807) is 0 Å². The van der Waals surface area contributed by atoms with E-state index in [2.05, 4.69) is 36.4 Å². The minimum absolute atomic E-state index is 0.335. The largest absolute Gasteiger partial charge is 0.538 e. The maximum atomic E-state index is 9.30. The van der Waals surface area contributed by atoms with E-state index in [9.17, 15) is 5.02 Å². The van der Waals surface area contributed by atoms with E-state index in [0.29, 0.717) is 0 Å². The third kappa shape index (κ3) is 2.26. The lowest BCUT2D eigenvalue weighted by atomic mass is 9.91. The van der Waals surface area contributed by atoms with Gasteiger partial charge >= 0.3 is 7.69 Å². The first-order valence-electron chi connectivity index (χ1n) is 7.62. The van der Waals surface area contributed by atoms with Crippen molar-refractivity contribution in [2.45, 2.75) is 0 Å². The molecule has 0 fully saturated rings. The molecule has 0 saturated carbocycles. The summed E-state index contributed by atoms with van der Waals surface area (Å²) in [5.41, 5.74) is 2.37. The average molecular weight is 298 g/mol. The Morgan fingerprint density at radius 1 is 0.609 bits per heavy atom. The van der Waals surface area contributed by atoms with Crippen LogP contribution in [0.5, 0.6) is 5.75 Å². The standard InChI is InChI=1S/C20H15BO2/c22-21-23-20-17-12-6-4-10-15(17)19(14-8-2-1-3-9-14)16-11-5-7-13-18(16)20/h1-13,21-22H. The van der Waals surface area contributed by atoms with Crippen LogP contribution >= 0.6 is 0 Å². The van der Waals surface area contributed by atoms with E-state index < -0.39 is 0 Å². The van der Waals surface area contributed by atoms with E-state index in [4.69, 9.17) is 4.65 Å². The van der Waals surface area contributed by atoms with Crippen molar-refractivity contribution in [2.24, 2.45) is 0 Å². The van der Waals surface area contributed by atoms with Crippen LogP contribution in [0.1, 0.15) is 0 Å². The van der Waals surface area contributed by atoms with Crippen LogP contribution in [0, 0.1) is 0 Å². The molecular weight excluding hydrogens is 283 g/mol. The van der Waals surface area contributed by atoms with Gasteiger partial charge in [-0.3, -0.25) is 0 Å². The molecule has 0 radical (unpaired) electrons. The van der Waals surface area contributed by atoms with Crippen LogP contribution in [0.15, 0.2) is 78.9 Å². The van der Waals surface area contributed by atoms with Gasteiger partial charge < -0.3 is 9.68 Å². The molecule has 0 aliphatic rings. The Morgan fingerprint density at radius 3 is 1.61 bits per heavy atom. The van der Waals surface area contributed by atoms with Gasteiger partial charge in [0.15, 0.2) is 0 Å². The molecule has 0 unspecified atom stereocenters. The first-order chi connectivity index (χ1) is 11.4. The highest BCUT2D eigenvalue weighted by Crippen LogP contribution is 2.42. The van der Waals surface area contributed by atoms with Crippen LogP contribution in [0.25, 0.3) is 32.7 Å². The molecule has 1 N–H and O–H groups in total. The van der Waals surface area contributed by atoms with E-state index in [1.165, 1.54) is 11.1 Å². The third-order valence-corrected chi connectivity index (χ3v) is 4.15. The highest BCUT2D eigenvalue weighted by atomic mass is 16.5. The van der Waals surface area contributed by atoms with Crippen LogP contribution in [-0.4, -0.2) is 12.7 Å². The highest BCUT2D eigenvalue weighted by molar-refractivity contribution is 6.22. The Morgan fingerprint density at radius 2 is 1.09 bits per heavy atom. The molecule has 0 amide bonds. The summed E-state index contributed by atoms with van der Waals surface area (Å²) in [4.78, 5) is 0. The second-order valence-electron chi connectivity index (χ2n) is 5.43. The van der Waals surface area contributed by atoms with Crippen molar-refractivity contribution in [1.29, 1.82) is 0 Å². The first kappa shape index (κ1) is 13.9. The van der Waals surface area contributed by atoms with Crippen molar-refractivity contribution in [2.75, 3.05) is 0 Å². The predicted molar refractivity (Wildman–Crippen MR) is 96.9 cm³/mol. The topological polar surface area (TPSA) is 29.5 Å². The molecule has 0 spiro atoms. The fourth-order valence-electron chi connectivity index (χ4n) is 3.22. The van der Waals surface area contributed by atoms with E-state index in [-0.39, 0.29) is 7.69 Å². The molecule has 2 nitrogen and oxygen atoms in total. The quantitative estimate of drug-likeness (QED) is 0.451. The SMILES string of the molecule is OBOc1c2ccccc2c(-c2ccccc2)c2ccccc12. The molecule has 4 aromatic rings. The average Bonchev–Trinajstić information content (AvgIpc) is 2.62. The summed E-state index contributed by atoms with van der Waals surface area (Å²) in [6.45, 7) is 0. The molecule has 0 aromatic heterocycles. The van der Waals surface area contributed by atoms with Gasteiger partial charge in [-0.1, -0.05) is 78.9 Å². The molecule has 0 bridgehead atoms. The Labute approximate surface area is 135 Å². The molecule has 0 saturated heterocycles. The number of rotatable bonds is 3. The Balaban J connectivity index is 2.22.